The Labute approximate surface area is 337 Å². The molecular weight excluding hydrogens is 746 g/mol. The smallest absolute Gasteiger partial charge is 0.309 e. The zero-order valence-electron chi connectivity index (χ0n) is 35.2. The average Bonchev–Trinajstić information content (AvgIpc) is 3.13. The Morgan fingerprint density at radius 2 is 1.63 bits per heavy atom. The monoisotopic (exact) mass is 813 g/mol. The number of aldehydes is 1. The maximum Gasteiger partial charge on any atom is 0.309 e. The normalized spacial score (nSPS) is 41.1. The summed E-state index contributed by atoms with van der Waals surface area (Å²) in [5.74, 6) is -2.82. The van der Waals surface area contributed by atoms with E-state index < -0.39 is 121 Å². The van der Waals surface area contributed by atoms with E-state index in [1.54, 1.807) is 78.8 Å². The van der Waals surface area contributed by atoms with Crippen LogP contribution >= 0.6 is 0 Å². The van der Waals surface area contributed by atoms with Crippen LogP contribution in [0, 0.1) is 11.8 Å². The number of ether oxygens (including phenoxy) is 8. The third kappa shape index (κ3) is 13.6. The predicted octanol–water partition coefficient (Wildman–Crippen LogP) is 2.77. The molecule has 3 N–H and O–H groups in total. The highest BCUT2D eigenvalue weighted by atomic mass is 16.7. The Kier molecular flexibility index (Phi) is 19.2. The molecule has 0 aromatic carbocycles. The number of methoxy groups -OCH3 is 1. The van der Waals surface area contributed by atoms with Gasteiger partial charge in [0.05, 0.1) is 36.9 Å². The lowest BCUT2D eigenvalue weighted by Gasteiger charge is -2.50. The van der Waals surface area contributed by atoms with Crippen molar-refractivity contribution in [1.82, 2.24) is 4.90 Å². The van der Waals surface area contributed by atoms with Crippen LogP contribution in [0.1, 0.15) is 93.4 Å². The van der Waals surface area contributed by atoms with E-state index in [-0.39, 0.29) is 32.1 Å². The molecule has 2 fully saturated rings. The van der Waals surface area contributed by atoms with Gasteiger partial charge in [-0.25, -0.2) is 0 Å². The molecule has 0 saturated carbocycles. The lowest BCUT2D eigenvalue weighted by molar-refractivity contribution is -0.344. The van der Waals surface area contributed by atoms with E-state index in [1.807, 2.05) is 13.0 Å². The maximum absolute atomic E-state index is 13.3. The molecule has 16 atom stereocenters. The van der Waals surface area contributed by atoms with E-state index in [0.717, 1.165) is 0 Å². The highest BCUT2D eigenvalue weighted by molar-refractivity contribution is 5.72. The fourth-order valence-electron chi connectivity index (χ4n) is 7.82. The maximum atomic E-state index is 13.3. The molecule has 3 rings (SSSR count). The number of carbonyl (C=O) groups is 4. The quantitative estimate of drug-likeness (QED) is 0.147. The molecule has 3 aliphatic heterocycles. The number of hydrogen-bond acceptors (Lipinski definition) is 16. The molecule has 0 spiro atoms. The molecular formula is C41H67NO15. The first-order valence-electron chi connectivity index (χ1n) is 20.1. The molecule has 0 aliphatic carbocycles. The molecule has 0 bridgehead atoms. The number of aliphatic hydroxyl groups excluding tert-OH is 2. The summed E-state index contributed by atoms with van der Waals surface area (Å²) in [5, 5.41) is 34.5. The zero-order chi connectivity index (χ0) is 42.6. The Morgan fingerprint density at radius 1 is 0.965 bits per heavy atom. The van der Waals surface area contributed by atoms with Crippen LogP contribution in [-0.4, -0.2) is 151 Å². The number of allylic oxidation sites excluding steroid dienone is 2. The number of nitrogens with zero attached hydrogens (tertiary/aromatic N) is 1. The summed E-state index contributed by atoms with van der Waals surface area (Å²) in [7, 11) is 4.86. The largest absolute Gasteiger partial charge is 0.462 e. The number of cyclic esters (lactones) is 1. The molecule has 16 heteroatoms. The van der Waals surface area contributed by atoms with Gasteiger partial charge in [-0.3, -0.25) is 14.4 Å². The molecule has 3 aliphatic rings. The minimum absolute atomic E-state index is 0.000633. The molecule has 57 heavy (non-hydrogen) atoms. The number of aliphatic hydroxyl groups is 3. The van der Waals surface area contributed by atoms with Crippen molar-refractivity contribution in [1.29, 1.82) is 0 Å². The second-order valence-corrected chi connectivity index (χ2v) is 16.0. The van der Waals surface area contributed by atoms with Crippen LogP contribution in [0.5, 0.6) is 0 Å². The van der Waals surface area contributed by atoms with Gasteiger partial charge >= 0.3 is 17.9 Å². The zero-order valence-corrected chi connectivity index (χ0v) is 35.2. The van der Waals surface area contributed by atoms with Crippen LogP contribution in [-0.2, 0) is 57.1 Å². The third-order valence-electron chi connectivity index (χ3n) is 10.9. The van der Waals surface area contributed by atoms with E-state index in [0.29, 0.717) is 12.7 Å². The minimum atomic E-state index is -1.49. The van der Waals surface area contributed by atoms with E-state index >= 15 is 0 Å². The summed E-state index contributed by atoms with van der Waals surface area (Å²) in [6, 6.07) is -0.779. The molecule has 0 aromatic heterocycles. The van der Waals surface area contributed by atoms with Crippen molar-refractivity contribution in [2.45, 2.75) is 179 Å². The van der Waals surface area contributed by atoms with Gasteiger partial charge in [0.15, 0.2) is 18.7 Å². The molecule has 7 unspecified atom stereocenters. The van der Waals surface area contributed by atoms with E-state index in [2.05, 4.69) is 0 Å². The first-order chi connectivity index (χ1) is 26.9. The number of likely N-dealkylation sites (N-methyl/N-ethyl adjacent to an activating group) is 1. The summed E-state index contributed by atoms with van der Waals surface area (Å²) in [6.07, 6.45) is -4.08. The van der Waals surface area contributed by atoms with Crippen LogP contribution in [0.3, 0.4) is 0 Å². The first kappa shape index (κ1) is 48.6. The minimum Gasteiger partial charge on any atom is -0.462 e. The van der Waals surface area contributed by atoms with Crippen molar-refractivity contribution in [3.63, 3.8) is 0 Å². The Morgan fingerprint density at radius 3 is 2.23 bits per heavy atom. The molecule has 326 valence electrons. The van der Waals surface area contributed by atoms with Gasteiger partial charge in [-0.1, -0.05) is 45.1 Å². The van der Waals surface area contributed by atoms with Crippen LogP contribution in [0.15, 0.2) is 24.3 Å². The Bertz CT molecular complexity index is 1350. The lowest BCUT2D eigenvalue weighted by atomic mass is 9.82. The van der Waals surface area contributed by atoms with Gasteiger partial charge in [-0.2, -0.15) is 0 Å². The van der Waals surface area contributed by atoms with Crippen LogP contribution in [0.4, 0.5) is 0 Å². The third-order valence-corrected chi connectivity index (χ3v) is 10.9. The van der Waals surface area contributed by atoms with E-state index in [9.17, 15) is 34.5 Å². The summed E-state index contributed by atoms with van der Waals surface area (Å²) >= 11 is 0. The first-order valence-corrected chi connectivity index (χ1v) is 20.1. The van der Waals surface area contributed by atoms with Crippen molar-refractivity contribution in [3.05, 3.63) is 24.3 Å². The van der Waals surface area contributed by atoms with E-state index in [4.69, 9.17) is 37.9 Å². The SMILES string of the molecule is CCC(=O)OC1CC(=O)OC(C)C/C=C/C=C\C(O)C(C)CC(CC=O)C(O[C@@H]2O[C@H](C)[C@@H](O[C@H]3C[C@@](C)(O)[C@H](OC(=O)CC)[C@@H](C)O3)[C@H](N(C)C)[C@H]2O)C1OC. The fourth-order valence-corrected chi connectivity index (χ4v) is 7.82. The van der Waals surface area contributed by atoms with Gasteiger partial charge in [0.25, 0.3) is 0 Å². The molecule has 3 heterocycles. The van der Waals surface area contributed by atoms with Crippen LogP contribution < -0.4 is 0 Å². The van der Waals surface area contributed by atoms with Crippen LogP contribution in [0.25, 0.3) is 0 Å². The number of esters is 3. The molecule has 0 amide bonds. The van der Waals surface area contributed by atoms with Crippen LogP contribution in [0.2, 0.25) is 0 Å². The van der Waals surface area contributed by atoms with E-state index in [1.165, 1.54) is 7.11 Å². The second-order valence-electron chi connectivity index (χ2n) is 16.0. The highest BCUT2D eigenvalue weighted by Gasteiger charge is 2.53. The number of carbonyl (C=O) groups excluding carboxylic acids is 4. The standard InChI is InChI=1S/C41H67NO15/c1-11-30(45)54-29-21-32(47)51-24(4)16-14-13-15-17-28(44)23(3)20-27(18-19-43)37(38(29)50-10)57-40-35(48)34(42(8)9)36(25(5)53-40)56-33-22-41(7,49)39(26(6)52-33)55-31(46)12-2/h13-15,17,19,23-29,33-40,44,48-49H,11-12,16,18,20-22H2,1-10H3/b14-13+,17-15-/t23?,24?,25-,26-,27?,28?,29?,33+,34-,35-,36-,37?,38?,39-,40+,41-/m1/s1. The van der Waals surface area contributed by atoms with Gasteiger partial charge in [-0.05, 0) is 60.0 Å². The number of hydrogen-bond donors (Lipinski definition) is 3. The Hall–Kier alpha value is -2.80. The summed E-state index contributed by atoms with van der Waals surface area (Å²) in [5.41, 5.74) is -1.49. The molecule has 0 radical (unpaired) electrons. The molecule has 0 aromatic rings. The predicted molar refractivity (Wildman–Crippen MR) is 205 cm³/mol. The summed E-state index contributed by atoms with van der Waals surface area (Å²) in [6.45, 7) is 11.8. The molecule has 16 nitrogen and oxygen atoms in total. The highest BCUT2D eigenvalue weighted by Crippen LogP contribution is 2.37. The molecule has 2 saturated heterocycles. The Balaban J connectivity index is 2.01. The summed E-state index contributed by atoms with van der Waals surface area (Å²) in [4.78, 5) is 52.3. The van der Waals surface area contributed by atoms with Crippen molar-refractivity contribution in [2.24, 2.45) is 11.8 Å². The van der Waals surface area contributed by atoms with Gasteiger partial charge in [0, 0.05) is 39.2 Å². The number of rotatable bonds is 12. The van der Waals surface area contributed by atoms with Gasteiger partial charge in [0.2, 0.25) is 0 Å². The van der Waals surface area contributed by atoms with Gasteiger partial charge in [-0.15, -0.1) is 0 Å². The lowest BCUT2D eigenvalue weighted by Crippen LogP contribution is -2.66. The van der Waals surface area contributed by atoms with Gasteiger partial charge in [0.1, 0.15) is 42.4 Å². The fraction of sp³-hybridized carbons (Fsp3) is 0.805. The topological polar surface area (TPSA) is 206 Å². The van der Waals surface area contributed by atoms with Crippen molar-refractivity contribution >= 4 is 24.2 Å². The van der Waals surface area contributed by atoms with Gasteiger partial charge < -0.3 is 62.9 Å². The van der Waals surface area contributed by atoms with Crippen molar-refractivity contribution in [2.75, 3.05) is 21.2 Å². The summed E-state index contributed by atoms with van der Waals surface area (Å²) < 4.78 is 48.5. The van der Waals surface area contributed by atoms with Crippen molar-refractivity contribution < 1.29 is 72.4 Å². The second kappa shape index (κ2) is 22.5. The van der Waals surface area contributed by atoms with Crippen molar-refractivity contribution in [3.8, 4) is 0 Å². The average molecular weight is 814 g/mol.